The van der Waals surface area contributed by atoms with E-state index in [1.807, 2.05) is 103 Å². The van der Waals surface area contributed by atoms with Crippen LogP contribution in [0.5, 0.6) is 11.5 Å². The highest BCUT2D eigenvalue weighted by Gasteiger charge is 2.22. The third-order valence-corrected chi connectivity index (χ3v) is 8.28. The van der Waals surface area contributed by atoms with E-state index in [0.717, 1.165) is 38.8 Å². The first-order valence-electron chi connectivity index (χ1n) is 18.1. The van der Waals surface area contributed by atoms with Crippen molar-refractivity contribution in [3.05, 3.63) is 158 Å². The van der Waals surface area contributed by atoms with Gasteiger partial charge in [-0.25, -0.2) is 0 Å². The van der Waals surface area contributed by atoms with Crippen molar-refractivity contribution in [3.63, 3.8) is 0 Å². The summed E-state index contributed by atoms with van der Waals surface area (Å²) in [6, 6.07) is 31.7. The Morgan fingerprint density at radius 1 is 0.419 bits per heavy atom. The normalized spacial score (nSPS) is 14.5. The minimum absolute atomic E-state index is 0.175. The average molecular weight is 555 g/mol. The SMILES string of the molecule is [2H]c1c([2H])c([2H])c2c(-c3ccc4c(c3)-c3cccc5cccc(c35)O4)c3c([2H])c([2H])c([2H])c([2H])c3c(-c3cccc(-c4ccccc4)c3)c2c1[2H]. The van der Waals surface area contributed by atoms with E-state index in [-0.39, 0.29) is 45.7 Å². The Bertz CT molecular complexity index is 2730. The van der Waals surface area contributed by atoms with Crippen molar-refractivity contribution in [2.24, 2.45) is 0 Å². The molecule has 8 aromatic carbocycles. The van der Waals surface area contributed by atoms with E-state index < -0.39 is 24.2 Å². The first-order valence-corrected chi connectivity index (χ1v) is 14.1. The Morgan fingerprint density at radius 2 is 1.00 bits per heavy atom. The highest BCUT2D eigenvalue weighted by molar-refractivity contribution is 6.21. The summed E-state index contributed by atoms with van der Waals surface area (Å²) in [7, 11) is 0. The second-order valence-corrected chi connectivity index (χ2v) is 10.7. The van der Waals surface area contributed by atoms with Crippen LogP contribution in [0.1, 0.15) is 11.0 Å². The fourth-order valence-electron chi connectivity index (χ4n) is 6.41. The van der Waals surface area contributed by atoms with Crippen LogP contribution in [0, 0.1) is 0 Å². The molecule has 1 heteroatoms. The summed E-state index contributed by atoms with van der Waals surface area (Å²) in [4.78, 5) is 0. The van der Waals surface area contributed by atoms with Gasteiger partial charge < -0.3 is 4.74 Å². The molecule has 1 aliphatic rings. The zero-order valence-electron chi connectivity index (χ0n) is 30.8. The molecule has 9 rings (SSSR count). The van der Waals surface area contributed by atoms with Crippen LogP contribution in [0.25, 0.3) is 76.8 Å². The highest BCUT2D eigenvalue weighted by Crippen LogP contribution is 2.49. The van der Waals surface area contributed by atoms with Gasteiger partial charge in [0.25, 0.3) is 0 Å². The number of benzene rings is 8. The second kappa shape index (κ2) is 9.44. The number of rotatable bonds is 3. The molecule has 0 aliphatic carbocycles. The maximum Gasteiger partial charge on any atom is 0.135 e. The van der Waals surface area contributed by atoms with Crippen LogP contribution < -0.4 is 4.74 Å². The molecule has 43 heavy (non-hydrogen) atoms. The van der Waals surface area contributed by atoms with E-state index in [2.05, 4.69) is 0 Å². The Kier molecular flexibility index (Phi) is 3.80. The van der Waals surface area contributed by atoms with Crippen LogP contribution in [0.3, 0.4) is 0 Å². The molecule has 0 saturated carbocycles. The molecule has 8 aromatic rings. The molecule has 0 atom stereocenters. The van der Waals surface area contributed by atoms with Gasteiger partial charge in [-0.15, -0.1) is 0 Å². The molecule has 0 fully saturated rings. The van der Waals surface area contributed by atoms with Gasteiger partial charge in [0.1, 0.15) is 11.5 Å². The van der Waals surface area contributed by atoms with Crippen LogP contribution >= 0.6 is 0 Å². The summed E-state index contributed by atoms with van der Waals surface area (Å²) < 4.78 is 78.6. The Balaban J connectivity index is 1.47. The third-order valence-electron chi connectivity index (χ3n) is 8.28. The molecule has 0 radical (unpaired) electrons. The van der Waals surface area contributed by atoms with Crippen molar-refractivity contribution < 1.29 is 15.7 Å². The molecule has 0 unspecified atom stereocenters. The zero-order chi connectivity index (χ0) is 35.3. The third kappa shape index (κ3) is 3.72. The van der Waals surface area contributed by atoms with E-state index in [9.17, 15) is 5.48 Å². The van der Waals surface area contributed by atoms with Gasteiger partial charge >= 0.3 is 0 Å². The lowest BCUT2D eigenvalue weighted by Gasteiger charge is -2.23. The van der Waals surface area contributed by atoms with E-state index in [0.29, 0.717) is 28.0 Å². The molecule has 1 nitrogen and oxygen atoms in total. The minimum Gasteiger partial charge on any atom is -0.456 e. The van der Waals surface area contributed by atoms with Crippen molar-refractivity contribution in [1.29, 1.82) is 0 Å². The number of hydrogen-bond acceptors (Lipinski definition) is 1. The fraction of sp³-hybridized carbons (Fsp3) is 0. The summed E-state index contributed by atoms with van der Waals surface area (Å²) in [6.45, 7) is 0. The van der Waals surface area contributed by atoms with Gasteiger partial charge in [-0.2, -0.15) is 0 Å². The van der Waals surface area contributed by atoms with Crippen molar-refractivity contribution in [2.75, 3.05) is 0 Å². The molecule has 200 valence electrons. The van der Waals surface area contributed by atoms with E-state index in [1.165, 1.54) is 0 Å². The van der Waals surface area contributed by atoms with Crippen molar-refractivity contribution >= 4 is 32.3 Å². The molecule has 0 N–H and O–H groups in total. The summed E-state index contributed by atoms with van der Waals surface area (Å²) in [5.41, 5.74) is 5.19. The van der Waals surface area contributed by atoms with Gasteiger partial charge in [-0.05, 0) is 90.1 Å². The summed E-state index contributed by atoms with van der Waals surface area (Å²) in [5.74, 6) is 1.33. The van der Waals surface area contributed by atoms with E-state index in [4.69, 9.17) is 10.2 Å². The topological polar surface area (TPSA) is 9.23 Å². The van der Waals surface area contributed by atoms with Crippen LogP contribution in [0.2, 0.25) is 0 Å². The van der Waals surface area contributed by atoms with Crippen LogP contribution in [-0.4, -0.2) is 0 Å². The van der Waals surface area contributed by atoms with E-state index in [1.54, 1.807) is 6.07 Å². The predicted molar refractivity (Wildman–Crippen MR) is 181 cm³/mol. The predicted octanol–water partition coefficient (Wildman–Crippen LogP) is 11.9. The lowest BCUT2D eigenvalue weighted by molar-refractivity contribution is 0.487. The highest BCUT2D eigenvalue weighted by atomic mass is 16.5. The maximum absolute atomic E-state index is 9.32. The molecule has 1 aliphatic heterocycles. The molecule has 0 aromatic heterocycles. The zero-order valence-corrected chi connectivity index (χ0v) is 22.8. The van der Waals surface area contributed by atoms with Gasteiger partial charge in [0, 0.05) is 10.9 Å². The first-order chi connectivity index (χ1) is 24.7. The van der Waals surface area contributed by atoms with Crippen LogP contribution in [-0.2, 0) is 0 Å². The molecule has 0 bridgehead atoms. The van der Waals surface area contributed by atoms with Crippen LogP contribution in [0.4, 0.5) is 0 Å². The average Bonchev–Trinajstić information content (AvgIpc) is 3.17. The fourth-order valence-corrected chi connectivity index (χ4v) is 6.41. The molecule has 0 spiro atoms. The summed E-state index contributed by atoms with van der Waals surface area (Å²) >= 11 is 0. The van der Waals surface area contributed by atoms with Gasteiger partial charge in [0.2, 0.25) is 0 Å². The Labute approximate surface area is 261 Å². The van der Waals surface area contributed by atoms with Crippen molar-refractivity contribution in [1.82, 2.24) is 0 Å². The smallest absolute Gasteiger partial charge is 0.135 e. The Morgan fingerprint density at radius 3 is 1.70 bits per heavy atom. The lowest BCUT2D eigenvalue weighted by Crippen LogP contribution is -1.98. The maximum atomic E-state index is 9.32. The molecular weight excluding hydrogens is 520 g/mol. The number of ether oxygens (including phenoxy) is 1. The quantitative estimate of drug-likeness (QED) is 0.197. The van der Waals surface area contributed by atoms with E-state index >= 15 is 0 Å². The standard InChI is InChI=1S/C42H26O/c1-2-11-27(12-3-1)29-15-8-16-30(25-29)40-32-17-4-6-19-34(32)41(35-20-7-5-18-33(35)40)31-23-24-38-37(26-31)36-21-9-13-28-14-10-22-39(43-38)42(28)36/h1-26H/i4D,5D,6D,7D,17D,18D,19D,20D. The molecule has 1 heterocycles. The first kappa shape index (κ1) is 17.3. The molecular formula is C42H26O. The van der Waals surface area contributed by atoms with Crippen molar-refractivity contribution in [2.45, 2.75) is 0 Å². The van der Waals surface area contributed by atoms with Gasteiger partial charge in [-0.3, -0.25) is 0 Å². The lowest BCUT2D eigenvalue weighted by atomic mass is 9.84. The van der Waals surface area contributed by atoms with Gasteiger partial charge in [-0.1, -0.05) is 133 Å². The largest absolute Gasteiger partial charge is 0.456 e. The monoisotopic (exact) mass is 554 g/mol. The van der Waals surface area contributed by atoms with Crippen molar-refractivity contribution in [3.8, 4) is 56.0 Å². The Hall–Kier alpha value is -5.66. The van der Waals surface area contributed by atoms with Gasteiger partial charge in [0.15, 0.2) is 0 Å². The molecule has 0 amide bonds. The van der Waals surface area contributed by atoms with Crippen LogP contribution in [0.15, 0.2) is 158 Å². The molecule has 0 saturated heterocycles. The summed E-state index contributed by atoms with van der Waals surface area (Å²) in [5, 5.41) is 2.65. The number of fused-ring (bicyclic) bond motifs is 4. The summed E-state index contributed by atoms with van der Waals surface area (Å²) in [6.07, 6.45) is 0. The van der Waals surface area contributed by atoms with Gasteiger partial charge in [0.05, 0.1) is 11.0 Å². The number of hydrogen-bond donors (Lipinski definition) is 0. The minimum atomic E-state index is -0.432. The second-order valence-electron chi connectivity index (χ2n) is 10.7.